The van der Waals surface area contributed by atoms with Gasteiger partial charge in [0.1, 0.15) is 12.1 Å². The average molecular weight is 614 g/mol. The first-order valence-electron chi connectivity index (χ1n) is 16.5. The summed E-state index contributed by atoms with van der Waals surface area (Å²) in [6.07, 6.45) is 5.83. The highest BCUT2D eigenvalue weighted by molar-refractivity contribution is 6.30. The number of nitrogens with one attached hydrogen (secondary N) is 1. The van der Waals surface area contributed by atoms with Crippen molar-refractivity contribution in [1.29, 1.82) is 0 Å². The zero-order valence-electron chi connectivity index (χ0n) is 25.8. The Hall–Kier alpha value is -2.20. The van der Waals surface area contributed by atoms with E-state index in [9.17, 15) is 14.4 Å². The van der Waals surface area contributed by atoms with E-state index in [1.807, 2.05) is 34.1 Å². The molecule has 0 aromatic heterocycles. The van der Waals surface area contributed by atoms with Crippen LogP contribution >= 0.6 is 11.6 Å². The second kappa shape index (κ2) is 13.4. The Morgan fingerprint density at radius 2 is 1.65 bits per heavy atom. The molecule has 5 atom stereocenters. The van der Waals surface area contributed by atoms with E-state index < -0.39 is 12.1 Å². The molecule has 4 saturated heterocycles. The van der Waals surface area contributed by atoms with E-state index in [1.165, 1.54) is 0 Å². The maximum atomic E-state index is 14.5. The van der Waals surface area contributed by atoms with Crippen LogP contribution in [0.25, 0.3) is 0 Å². The summed E-state index contributed by atoms with van der Waals surface area (Å²) in [4.78, 5) is 50.9. The highest BCUT2D eigenvalue weighted by Gasteiger charge is 2.50. The number of hydrogen-bond acceptors (Lipinski definition) is 6. The van der Waals surface area contributed by atoms with Crippen molar-refractivity contribution >= 4 is 29.3 Å². The molecule has 6 rings (SSSR count). The van der Waals surface area contributed by atoms with E-state index in [2.05, 4.69) is 29.1 Å². The minimum absolute atomic E-state index is 0.00709. The van der Waals surface area contributed by atoms with Crippen LogP contribution in [0, 0.1) is 11.8 Å². The van der Waals surface area contributed by atoms with Gasteiger partial charge in [-0.25, -0.2) is 0 Å². The number of rotatable bonds is 6. The Morgan fingerprint density at radius 3 is 2.33 bits per heavy atom. The van der Waals surface area contributed by atoms with Crippen LogP contribution in [-0.2, 0) is 19.1 Å². The van der Waals surface area contributed by atoms with Crippen molar-refractivity contribution in [2.75, 3.05) is 59.5 Å². The van der Waals surface area contributed by atoms with Gasteiger partial charge in [-0.2, -0.15) is 0 Å². The molecule has 1 saturated carbocycles. The Bertz CT molecular complexity index is 1140. The number of piperazine rings is 1. The monoisotopic (exact) mass is 613 g/mol. The lowest BCUT2D eigenvalue weighted by atomic mass is 9.85. The quantitative estimate of drug-likeness (QED) is 0.531. The molecule has 10 heteroatoms. The fourth-order valence-electron chi connectivity index (χ4n) is 8.06. The minimum atomic E-state index is -0.560. The molecule has 0 spiro atoms. The standard InChI is InChI=1S/C33H48ClN5O4/c1-22-5-11-25(12-6-22)39(33(42)30-4-3-17-43-30)26-18-29(32(41)37-15-13-36(2)14-16-37)38(21-26)31(40)28-20-35-19-27(28)23-7-9-24(34)10-8-23/h7-10,22,25-30,35H,3-6,11-21H2,1-2H3/t22?,25?,26-,27-,28+,29-,30-/m0/s1. The summed E-state index contributed by atoms with van der Waals surface area (Å²) < 4.78 is 5.90. The van der Waals surface area contributed by atoms with Gasteiger partial charge in [0.25, 0.3) is 5.91 Å². The molecule has 1 aliphatic carbocycles. The number of amides is 3. The summed E-state index contributed by atoms with van der Waals surface area (Å²) in [6.45, 7) is 7.56. The molecule has 3 amide bonds. The van der Waals surface area contributed by atoms with Crippen LogP contribution < -0.4 is 5.32 Å². The van der Waals surface area contributed by atoms with Gasteiger partial charge in [-0.15, -0.1) is 0 Å². The van der Waals surface area contributed by atoms with E-state index >= 15 is 0 Å². The van der Waals surface area contributed by atoms with Gasteiger partial charge in [0, 0.05) is 69.4 Å². The highest BCUT2D eigenvalue weighted by Crippen LogP contribution is 2.37. The number of hydrogen-bond donors (Lipinski definition) is 1. The van der Waals surface area contributed by atoms with Crippen molar-refractivity contribution in [3.05, 3.63) is 34.9 Å². The van der Waals surface area contributed by atoms with Crippen molar-refractivity contribution in [1.82, 2.24) is 24.9 Å². The minimum Gasteiger partial charge on any atom is -0.368 e. The molecule has 0 radical (unpaired) electrons. The van der Waals surface area contributed by atoms with Gasteiger partial charge < -0.3 is 29.7 Å². The number of nitrogens with zero attached hydrogens (tertiary/aromatic N) is 4. The summed E-state index contributed by atoms with van der Waals surface area (Å²) in [6, 6.07) is 7.14. The third kappa shape index (κ3) is 6.60. The van der Waals surface area contributed by atoms with E-state index in [0.29, 0.717) is 56.7 Å². The number of carbonyl (C=O) groups is 3. The van der Waals surface area contributed by atoms with E-state index in [4.69, 9.17) is 16.3 Å². The average Bonchev–Trinajstić information content (AvgIpc) is 3.80. The molecule has 4 aliphatic heterocycles. The topological polar surface area (TPSA) is 85.4 Å². The molecule has 1 aromatic carbocycles. The smallest absolute Gasteiger partial charge is 0.252 e. The number of ether oxygens (including phenoxy) is 1. The third-order valence-electron chi connectivity index (χ3n) is 10.7. The first-order chi connectivity index (χ1) is 20.8. The predicted octanol–water partition coefficient (Wildman–Crippen LogP) is 2.97. The zero-order valence-corrected chi connectivity index (χ0v) is 26.5. The molecule has 4 heterocycles. The van der Waals surface area contributed by atoms with Gasteiger partial charge >= 0.3 is 0 Å². The van der Waals surface area contributed by atoms with Crippen LogP contribution in [0.1, 0.15) is 63.4 Å². The van der Waals surface area contributed by atoms with Crippen LogP contribution in [0.3, 0.4) is 0 Å². The normalized spacial score (nSPS) is 33.6. The van der Waals surface area contributed by atoms with E-state index in [0.717, 1.165) is 57.2 Å². The summed E-state index contributed by atoms with van der Waals surface area (Å²) in [5.41, 5.74) is 1.08. The molecule has 9 nitrogen and oxygen atoms in total. The summed E-state index contributed by atoms with van der Waals surface area (Å²) in [7, 11) is 2.08. The predicted molar refractivity (Wildman–Crippen MR) is 166 cm³/mol. The number of likely N-dealkylation sites (tertiary alicyclic amines) is 1. The zero-order chi connectivity index (χ0) is 30.1. The molecular weight excluding hydrogens is 566 g/mol. The van der Waals surface area contributed by atoms with Crippen LogP contribution in [0.2, 0.25) is 5.02 Å². The number of carbonyl (C=O) groups excluding carboxylic acids is 3. The van der Waals surface area contributed by atoms with E-state index in [-0.39, 0.29) is 41.6 Å². The van der Waals surface area contributed by atoms with Gasteiger partial charge in [-0.1, -0.05) is 30.7 Å². The Morgan fingerprint density at radius 1 is 0.930 bits per heavy atom. The Balaban J connectivity index is 1.28. The van der Waals surface area contributed by atoms with Gasteiger partial charge in [0.15, 0.2) is 0 Å². The fourth-order valence-corrected chi connectivity index (χ4v) is 8.19. The summed E-state index contributed by atoms with van der Waals surface area (Å²) in [5, 5.41) is 4.11. The largest absolute Gasteiger partial charge is 0.368 e. The maximum absolute atomic E-state index is 14.5. The molecule has 0 bridgehead atoms. The number of likely N-dealkylation sites (N-methyl/N-ethyl adjacent to an activating group) is 1. The van der Waals surface area contributed by atoms with Gasteiger partial charge in [0.2, 0.25) is 11.8 Å². The van der Waals surface area contributed by atoms with E-state index in [1.54, 1.807) is 0 Å². The Labute approximate surface area is 261 Å². The molecule has 1 aromatic rings. The molecule has 236 valence electrons. The molecular formula is C33H48ClN5O4. The fraction of sp³-hybridized carbons (Fsp3) is 0.727. The van der Waals surface area contributed by atoms with Gasteiger partial charge in [-0.05, 0) is 75.6 Å². The first-order valence-corrected chi connectivity index (χ1v) is 16.9. The lowest BCUT2D eigenvalue weighted by Gasteiger charge is -2.41. The van der Waals surface area contributed by atoms with Crippen molar-refractivity contribution in [2.45, 2.75) is 82.0 Å². The maximum Gasteiger partial charge on any atom is 0.252 e. The van der Waals surface area contributed by atoms with Gasteiger partial charge in [-0.3, -0.25) is 14.4 Å². The summed E-state index contributed by atoms with van der Waals surface area (Å²) in [5.74, 6) is 0.488. The first kappa shape index (κ1) is 30.8. The lowest BCUT2D eigenvalue weighted by Crippen LogP contribution is -2.54. The van der Waals surface area contributed by atoms with Crippen molar-refractivity contribution in [2.24, 2.45) is 11.8 Å². The lowest BCUT2D eigenvalue weighted by molar-refractivity contribution is -0.148. The SMILES string of the molecule is CC1CCC(N(C(=O)[C@@H]2CCCO2)[C@H]2C[C@@H](C(=O)N3CCN(C)CC3)N(C(=O)[C@@H]3CNC[C@H]3c3ccc(Cl)cc3)C2)CC1. The third-order valence-corrected chi connectivity index (χ3v) is 11.0. The molecule has 0 unspecified atom stereocenters. The van der Waals surface area contributed by atoms with Gasteiger partial charge in [0.05, 0.1) is 12.0 Å². The molecule has 1 N–H and O–H groups in total. The highest BCUT2D eigenvalue weighted by atomic mass is 35.5. The summed E-state index contributed by atoms with van der Waals surface area (Å²) >= 11 is 6.17. The second-order valence-corrected chi connectivity index (χ2v) is 14.0. The van der Waals surface area contributed by atoms with Crippen molar-refractivity contribution in [3.8, 4) is 0 Å². The molecule has 5 fully saturated rings. The number of halogens is 1. The van der Waals surface area contributed by atoms with Crippen molar-refractivity contribution in [3.63, 3.8) is 0 Å². The molecule has 5 aliphatic rings. The van der Waals surface area contributed by atoms with Crippen LogP contribution in [-0.4, -0.2) is 121 Å². The number of benzene rings is 1. The second-order valence-electron chi connectivity index (χ2n) is 13.6. The van der Waals surface area contributed by atoms with Crippen LogP contribution in [0.4, 0.5) is 0 Å². The van der Waals surface area contributed by atoms with Crippen LogP contribution in [0.15, 0.2) is 24.3 Å². The Kier molecular flexibility index (Phi) is 9.62. The molecule has 43 heavy (non-hydrogen) atoms. The van der Waals surface area contributed by atoms with Crippen molar-refractivity contribution < 1.29 is 19.1 Å². The van der Waals surface area contributed by atoms with Crippen LogP contribution in [0.5, 0.6) is 0 Å².